The van der Waals surface area contributed by atoms with Crippen LogP contribution in [0.25, 0.3) is 5.65 Å². The molecular weight excluding hydrogens is 380 g/mol. The molecule has 0 atom stereocenters. The Morgan fingerprint density at radius 2 is 1.80 bits per heavy atom. The average Bonchev–Trinajstić information content (AvgIpc) is 3.06. The van der Waals surface area contributed by atoms with Gasteiger partial charge < -0.3 is 9.30 Å². The molecule has 0 N–H and O–H groups in total. The summed E-state index contributed by atoms with van der Waals surface area (Å²) in [5.41, 5.74) is 2.91. The molecule has 4 rings (SSSR count). The molecule has 3 aromatic rings. The van der Waals surface area contributed by atoms with Crippen LogP contribution >= 0.6 is 15.9 Å². The Balaban J connectivity index is 1.38. The molecule has 0 saturated carbocycles. The third kappa shape index (κ3) is 3.45. The molecule has 6 heteroatoms. The number of carbonyl (C=O) groups excluding carboxylic acids is 1. The van der Waals surface area contributed by atoms with Gasteiger partial charge in [-0.05, 0) is 36.4 Å². The molecule has 128 valence electrons. The fraction of sp³-hybridized carbons (Fsp3) is 0.263. The number of halogens is 1. The van der Waals surface area contributed by atoms with E-state index < -0.39 is 0 Å². The molecule has 2 aromatic heterocycles. The van der Waals surface area contributed by atoms with Gasteiger partial charge in [-0.2, -0.15) is 0 Å². The molecule has 0 aliphatic carbocycles. The number of carbonyl (C=O) groups is 1. The summed E-state index contributed by atoms with van der Waals surface area (Å²) in [5, 5.41) is 0. The van der Waals surface area contributed by atoms with E-state index in [4.69, 9.17) is 0 Å². The van der Waals surface area contributed by atoms with Gasteiger partial charge in [0.05, 0.1) is 11.9 Å². The molecule has 1 aliphatic heterocycles. The zero-order chi connectivity index (χ0) is 17.2. The minimum atomic E-state index is 0.113. The van der Waals surface area contributed by atoms with Crippen LogP contribution in [0.4, 0.5) is 0 Å². The summed E-state index contributed by atoms with van der Waals surface area (Å²) < 4.78 is 3.11. The summed E-state index contributed by atoms with van der Waals surface area (Å²) >= 11 is 3.41. The number of aromatic nitrogens is 2. The van der Waals surface area contributed by atoms with Gasteiger partial charge in [0, 0.05) is 49.0 Å². The van der Waals surface area contributed by atoms with Crippen LogP contribution in [0.3, 0.4) is 0 Å². The first-order valence-corrected chi connectivity index (χ1v) is 9.18. The Labute approximate surface area is 155 Å². The largest absolute Gasteiger partial charge is 0.336 e. The quantitative estimate of drug-likeness (QED) is 0.680. The third-order valence-corrected chi connectivity index (χ3v) is 5.16. The Morgan fingerprint density at radius 3 is 2.56 bits per heavy atom. The average molecular weight is 399 g/mol. The number of benzene rings is 1. The summed E-state index contributed by atoms with van der Waals surface area (Å²) in [4.78, 5) is 21.3. The van der Waals surface area contributed by atoms with E-state index in [0.29, 0.717) is 0 Å². The van der Waals surface area contributed by atoms with E-state index in [-0.39, 0.29) is 5.91 Å². The van der Waals surface area contributed by atoms with E-state index in [9.17, 15) is 4.79 Å². The lowest BCUT2D eigenvalue weighted by atomic mass is 10.2. The second-order valence-electron chi connectivity index (χ2n) is 6.25. The summed E-state index contributed by atoms with van der Waals surface area (Å²) in [7, 11) is 0. The van der Waals surface area contributed by atoms with E-state index in [0.717, 1.165) is 48.4 Å². The van der Waals surface area contributed by atoms with Gasteiger partial charge in [-0.3, -0.25) is 9.69 Å². The third-order valence-electron chi connectivity index (χ3n) is 4.63. The number of amides is 1. The van der Waals surface area contributed by atoms with Crippen LogP contribution in [0, 0.1) is 0 Å². The first kappa shape index (κ1) is 16.3. The number of nitrogens with zero attached hydrogens (tertiary/aromatic N) is 4. The van der Waals surface area contributed by atoms with Crippen molar-refractivity contribution in [2.45, 2.75) is 6.54 Å². The van der Waals surface area contributed by atoms with Gasteiger partial charge in [-0.15, -0.1) is 0 Å². The fourth-order valence-electron chi connectivity index (χ4n) is 3.22. The van der Waals surface area contributed by atoms with Gasteiger partial charge in [0.1, 0.15) is 5.65 Å². The van der Waals surface area contributed by atoms with Crippen molar-refractivity contribution >= 4 is 27.5 Å². The first-order valence-electron chi connectivity index (χ1n) is 8.39. The number of pyridine rings is 1. The molecular formula is C19H19BrN4O. The highest BCUT2D eigenvalue weighted by molar-refractivity contribution is 9.10. The van der Waals surface area contributed by atoms with Crippen molar-refractivity contribution in [3.8, 4) is 0 Å². The number of fused-ring (bicyclic) bond motifs is 1. The van der Waals surface area contributed by atoms with Gasteiger partial charge in [0.25, 0.3) is 5.91 Å². The lowest BCUT2D eigenvalue weighted by Crippen LogP contribution is -2.48. The van der Waals surface area contributed by atoms with Gasteiger partial charge in [-0.1, -0.05) is 22.0 Å². The van der Waals surface area contributed by atoms with Crippen LogP contribution in [-0.4, -0.2) is 51.3 Å². The van der Waals surface area contributed by atoms with Crippen molar-refractivity contribution in [2.24, 2.45) is 0 Å². The Hall–Kier alpha value is -2.18. The summed E-state index contributed by atoms with van der Waals surface area (Å²) in [6.45, 7) is 4.12. The van der Waals surface area contributed by atoms with Crippen molar-refractivity contribution in [1.29, 1.82) is 0 Å². The van der Waals surface area contributed by atoms with Crippen LogP contribution in [-0.2, 0) is 6.54 Å². The zero-order valence-electron chi connectivity index (χ0n) is 13.8. The van der Waals surface area contributed by atoms with E-state index in [1.54, 1.807) is 0 Å². The van der Waals surface area contributed by atoms with Gasteiger partial charge >= 0.3 is 0 Å². The van der Waals surface area contributed by atoms with E-state index in [1.807, 2.05) is 59.8 Å². The van der Waals surface area contributed by atoms with Crippen LogP contribution in [0.2, 0.25) is 0 Å². The van der Waals surface area contributed by atoms with Gasteiger partial charge in [-0.25, -0.2) is 4.98 Å². The van der Waals surface area contributed by atoms with Crippen molar-refractivity contribution < 1.29 is 4.79 Å². The molecule has 25 heavy (non-hydrogen) atoms. The summed E-state index contributed by atoms with van der Waals surface area (Å²) in [6.07, 6.45) is 3.99. The maximum Gasteiger partial charge on any atom is 0.253 e. The summed E-state index contributed by atoms with van der Waals surface area (Å²) in [5.74, 6) is 0.113. The Morgan fingerprint density at radius 1 is 1.04 bits per heavy atom. The minimum absolute atomic E-state index is 0.113. The highest BCUT2D eigenvalue weighted by Gasteiger charge is 2.22. The maximum absolute atomic E-state index is 12.6. The highest BCUT2D eigenvalue weighted by Crippen LogP contribution is 2.15. The van der Waals surface area contributed by atoms with Gasteiger partial charge in [0.2, 0.25) is 0 Å². The molecule has 3 heterocycles. The topological polar surface area (TPSA) is 40.9 Å². The normalized spacial score (nSPS) is 15.6. The molecule has 0 bridgehead atoms. The van der Waals surface area contributed by atoms with Gasteiger partial charge in [0.15, 0.2) is 0 Å². The van der Waals surface area contributed by atoms with E-state index in [1.165, 1.54) is 5.69 Å². The lowest BCUT2D eigenvalue weighted by Gasteiger charge is -2.34. The molecule has 1 aromatic carbocycles. The predicted molar refractivity (Wildman–Crippen MR) is 101 cm³/mol. The first-order chi connectivity index (χ1) is 12.2. The second-order valence-corrected chi connectivity index (χ2v) is 7.17. The van der Waals surface area contributed by atoms with Crippen LogP contribution in [0.1, 0.15) is 16.1 Å². The molecule has 1 aliphatic rings. The Bertz CT molecular complexity index is 882. The fourth-order valence-corrected chi connectivity index (χ4v) is 3.48. The van der Waals surface area contributed by atoms with Crippen molar-refractivity contribution in [3.05, 3.63) is 70.6 Å². The predicted octanol–water partition coefficient (Wildman–Crippen LogP) is 3.05. The molecule has 0 spiro atoms. The maximum atomic E-state index is 12.6. The highest BCUT2D eigenvalue weighted by atomic mass is 79.9. The van der Waals surface area contributed by atoms with Crippen LogP contribution < -0.4 is 0 Å². The molecule has 1 fully saturated rings. The molecule has 0 unspecified atom stereocenters. The smallest absolute Gasteiger partial charge is 0.253 e. The minimum Gasteiger partial charge on any atom is -0.336 e. The zero-order valence-corrected chi connectivity index (χ0v) is 15.4. The molecule has 1 saturated heterocycles. The Kier molecular flexibility index (Phi) is 4.55. The second kappa shape index (κ2) is 6.98. The van der Waals surface area contributed by atoms with Crippen molar-refractivity contribution in [1.82, 2.24) is 19.2 Å². The number of piperazine rings is 1. The van der Waals surface area contributed by atoms with E-state index >= 15 is 0 Å². The number of hydrogen-bond donors (Lipinski definition) is 0. The number of rotatable bonds is 3. The van der Waals surface area contributed by atoms with Crippen LogP contribution in [0.5, 0.6) is 0 Å². The van der Waals surface area contributed by atoms with Crippen molar-refractivity contribution in [2.75, 3.05) is 26.2 Å². The summed E-state index contributed by atoms with van der Waals surface area (Å²) in [6, 6.07) is 13.6. The standard InChI is InChI=1S/C19H19BrN4O/c20-16-6-4-15(5-7-16)19(25)23-11-9-22(10-12-23)14-17-13-21-18-3-1-2-8-24(17)18/h1-8,13H,9-12,14H2. The molecule has 1 amide bonds. The lowest BCUT2D eigenvalue weighted by molar-refractivity contribution is 0.0626. The molecule has 5 nitrogen and oxygen atoms in total. The number of imidazole rings is 1. The monoisotopic (exact) mass is 398 g/mol. The SMILES string of the molecule is O=C(c1ccc(Br)cc1)N1CCN(Cc2cnc3ccccn23)CC1. The number of hydrogen-bond acceptors (Lipinski definition) is 3. The molecule has 0 radical (unpaired) electrons. The van der Waals surface area contributed by atoms with E-state index in [2.05, 4.69) is 30.2 Å². The van der Waals surface area contributed by atoms with Crippen LogP contribution in [0.15, 0.2) is 59.3 Å². The van der Waals surface area contributed by atoms with Crippen molar-refractivity contribution in [3.63, 3.8) is 0 Å².